The molecule has 2 saturated heterocycles. The summed E-state index contributed by atoms with van der Waals surface area (Å²) in [5.41, 5.74) is 3.28. The molecular formula is C23H30N4O3S2. The van der Waals surface area contributed by atoms with Crippen molar-refractivity contribution < 1.29 is 13.2 Å². The quantitative estimate of drug-likeness (QED) is 0.684. The monoisotopic (exact) mass is 474 g/mol. The maximum Gasteiger partial charge on any atom is 0.243 e. The number of ether oxygens (including phenoxy) is 1. The fourth-order valence-electron chi connectivity index (χ4n) is 4.11. The van der Waals surface area contributed by atoms with Crippen LogP contribution in [0.2, 0.25) is 0 Å². The standard InChI is InChI=1S/C23H30N4O3S2/c1-18-3-7-21(8-4-18)27-12-11-25(17-19(27)2)23(31)24-20-5-9-22(10-6-20)32(28,29)26-13-15-30-16-14-26/h3-10,19H,11-17H2,1-2H3,(H,24,31). The summed E-state index contributed by atoms with van der Waals surface area (Å²) in [4.78, 5) is 4.86. The maximum atomic E-state index is 12.8. The smallest absolute Gasteiger partial charge is 0.243 e. The summed E-state index contributed by atoms with van der Waals surface area (Å²) in [7, 11) is -3.49. The van der Waals surface area contributed by atoms with E-state index in [4.69, 9.17) is 17.0 Å². The predicted octanol–water partition coefficient (Wildman–Crippen LogP) is 2.92. The lowest BCUT2D eigenvalue weighted by Gasteiger charge is -2.42. The van der Waals surface area contributed by atoms with E-state index in [1.807, 2.05) is 0 Å². The number of thiocarbonyl (C=S) groups is 1. The highest BCUT2D eigenvalue weighted by atomic mass is 32.2. The molecule has 9 heteroatoms. The molecule has 2 aromatic carbocycles. The summed E-state index contributed by atoms with van der Waals surface area (Å²) >= 11 is 5.65. The van der Waals surface area contributed by atoms with Gasteiger partial charge in [-0.05, 0) is 62.5 Å². The first-order valence-corrected chi connectivity index (χ1v) is 12.8. The Balaban J connectivity index is 1.35. The minimum atomic E-state index is -3.49. The number of rotatable bonds is 4. The molecule has 2 heterocycles. The Morgan fingerprint density at radius 2 is 1.66 bits per heavy atom. The summed E-state index contributed by atoms with van der Waals surface area (Å²) < 4.78 is 32.3. The van der Waals surface area contributed by atoms with E-state index in [0.717, 1.165) is 25.3 Å². The molecule has 0 bridgehead atoms. The van der Waals surface area contributed by atoms with Crippen LogP contribution >= 0.6 is 12.2 Å². The number of nitrogens with one attached hydrogen (secondary N) is 1. The molecule has 0 radical (unpaired) electrons. The molecule has 7 nitrogen and oxygen atoms in total. The first-order chi connectivity index (χ1) is 15.3. The second kappa shape index (κ2) is 9.74. The van der Waals surface area contributed by atoms with Crippen molar-refractivity contribution >= 4 is 38.7 Å². The number of piperazine rings is 1. The minimum Gasteiger partial charge on any atom is -0.379 e. The molecular weight excluding hydrogens is 444 g/mol. The molecule has 0 spiro atoms. The van der Waals surface area contributed by atoms with Crippen molar-refractivity contribution in [2.45, 2.75) is 24.8 Å². The Kier molecular flexibility index (Phi) is 6.99. The van der Waals surface area contributed by atoms with Crippen molar-refractivity contribution in [1.29, 1.82) is 0 Å². The van der Waals surface area contributed by atoms with Crippen LogP contribution in [0.25, 0.3) is 0 Å². The lowest BCUT2D eigenvalue weighted by molar-refractivity contribution is 0.0730. The number of anilines is 2. The molecule has 1 N–H and O–H groups in total. The van der Waals surface area contributed by atoms with Gasteiger partial charge in [0.2, 0.25) is 10.0 Å². The Hall–Kier alpha value is -2.20. The van der Waals surface area contributed by atoms with Crippen LogP contribution in [0.5, 0.6) is 0 Å². The number of benzene rings is 2. The van der Waals surface area contributed by atoms with E-state index in [0.29, 0.717) is 37.5 Å². The highest BCUT2D eigenvalue weighted by molar-refractivity contribution is 7.89. The Labute approximate surface area is 196 Å². The minimum absolute atomic E-state index is 0.288. The van der Waals surface area contributed by atoms with Gasteiger partial charge in [-0.3, -0.25) is 0 Å². The van der Waals surface area contributed by atoms with Gasteiger partial charge in [0.15, 0.2) is 5.11 Å². The molecule has 32 heavy (non-hydrogen) atoms. The lowest BCUT2D eigenvalue weighted by atomic mass is 10.1. The van der Waals surface area contributed by atoms with Gasteiger partial charge in [-0.1, -0.05) is 17.7 Å². The summed E-state index contributed by atoms with van der Waals surface area (Å²) in [6.45, 7) is 8.49. The largest absolute Gasteiger partial charge is 0.379 e. The van der Waals surface area contributed by atoms with Crippen molar-refractivity contribution in [2.24, 2.45) is 0 Å². The van der Waals surface area contributed by atoms with Crippen molar-refractivity contribution in [3.8, 4) is 0 Å². The fourth-order valence-corrected chi connectivity index (χ4v) is 5.80. The fraction of sp³-hybridized carbons (Fsp3) is 0.435. The van der Waals surface area contributed by atoms with Crippen LogP contribution in [0, 0.1) is 6.92 Å². The van der Waals surface area contributed by atoms with Gasteiger partial charge in [-0.15, -0.1) is 0 Å². The molecule has 172 valence electrons. The summed E-state index contributed by atoms with van der Waals surface area (Å²) in [5, 5.41) is 3.92. The van der Waals surface area contributed by atoms with E-state index >= 15 is 0 Å². The van der Waals surface area contributed by atoms with Crippen LogP contribution in [0.15, 0.2) is 53.4 Å². The third-order valence-corrected chi connectivity index (χ3v) is 8.27. The summed E-state index contributed by atoms with van der Waals surface area (Å²) in [5.74, 6) is 0. The molecule has 0 saturated carbocycles. The van der Waals surface area contributed by atoms with Gasteiger partial charge in [0.25, 0.3) is 0 Å². The third-order valence-electron chi connectivity index (χ3n) is 5.99. The van der Waals surface area contributed by atoms with Crippen LogP contribution < -0.4 is 10.2 Å². The van der Waals surface area contributed by atoms with Crippen LogP contribution in [0.1, 0.15) is 12.5 Å². The van der Waals surface area contributed by atoms with Gasteiger partial charge in [0.05, 0.1) is 18.1 Å². The second-order valence-electron chi connectivity index (χ2n) is 8.29. The van der Waals surface area contributed by atoms with Crippen molar-refractivity contribution in [3.05, 3.63) is 54.1 Å². The van der Waals surface area contributed by atoms with Crippen LogP contribution in [0.4, 0.5) is 11.4 Å². The van der Waals surface area contributed by atoms with E-state index in [-0.39, 0.29) is 4.90 Å². The Bertz CT molecular complexity index is 1040. The van der Waals surface area contributed by atoms with E-state index in [9.17, 15) is 8.42 Å². The molecule has 1 unspecified atom stereocenters. The molecule has 2 aliphatic heterocycles. The third kappa shape index (κ3) is 5.06. The topological polar surface area (TPSA) is 65.1 Å². The molecule has 0 aromatic heterocycles. The first-order valence-electron chi connectivity index (χ1n) is 10.9. The first kappa shape index (κ1) is 23.0. The second-order valence-corrected chi connectivity index (χ2v) is 10.6. The van der Waals surface area contributed by atoms with E-state index in [1.54, 1.807) is 24.3 Å². The van der Waals surface area contributed by atoms with Gasteiger partial charge in [0, 0.05) is 50.1 Å². The molecule has 2 aromatic rings. The predicted molar refractivity (Wildman–Crippen MR) is 132 cm³/mol. The van der Waals surface area contributed by atoms with Gasteiger partial charge in [-0.25, -0.2) is 8.42 Å². The Morgan fingerprint density at radius 1 is 1.00 bits per heavy atom. The van der Waals surface area contributed by atoms with E-state index in [1.165, 1.54) is 15.6 Å². The zero-order valence-electron chi connectivity index (χ0n) is 18.5. The molecule has 0 aliphatic carbocycles. The molecule has 2 aliphatic rings. The summed E-state index contributed by atoms with van der Waals surface area (Å²) in [6, 6.07) is 15.8. The highest BCUT2D eigenvalue weighted by Crippen LogP contribution is 2.23. The van der Waals surface area contributed by atoms with E-state index < -0.39 is 10.0 Å². The normalized spacial score (nSPS) is 20.2. The van der Waals surface area contributed by atoms with Crippen molar-refractivity contribution in [3.63, 3.8) is 0 Å². The summed E-state index contributed by atoms with van der Waals surface area (Å²) in [6.07, 6.45) is 0. The van der Waals surface area contributed by atoms with E-state index in [2.05, 4.69) is 53.2 Å². The number of aryl methyl sites for hydroxylation is 1. The maximum absolute atomic E-state index is 12.8. The molecule has 2 fully saturated rings. The Morgan fingerprint density at radius 3 is 2.28 bits per heavy atom. The zero-order valence-corrected chi connectivity index (χ0v) is 20.2. The lowest BCUT2D eigenvalue weighted by Crippen LogP contribution is -2.54. The number of morpholine rings is 1. The van der Waals surface area contributed by atoms with Crippen LogP contribution in [-0.4, -0.2) is 74.7 Å². The molecule has 4 rings (SSSR count). The average molecular weight is 475 g/mol. The number of sulfonamides is 1. The van der Waals surface area contributed by atoms with Gasteiger partial charge < -0.3 is 19.9 Å². The van der Waals surface area contributed by atoms with Crippen molar-refractivity contribution in [2.75, 3.05) is 56.2 Å². The van der Waals surface area contributed by atoms with Gasteiger partial charge >= 0.3 is 0 Å². The average Bonchev–Trinajstić information content (AvgIpc) is 2.80. The SMILES string of the molecule is Cc1ccc(N2CCN(C(=S)Nc3ccc(S(=O)(=O)N4CCOCC4)cc3)CC2C)cc1. The zero-order chi connectivity index (χ0) is 22.7. The van der Waals surface area contributed by atoms with Crippen LogP contribution in [0.3, 0.4) is 0 Å². The van der Waals surface area contributed by atoms with Gasteiger partial charge in [-0.2, -0.15) is 4.31 Å². The van der Waals surface area contributed by atoms with Gasteiger partial charge in [0.1, 0.15) is 0 Å². The number of nitrogens with zero attached hydrogens (tertiary/aromatic N) is 3. The molecule has 1 atom stereocenters. The number of hydrogen-bond acceptors (Lipinski definition) is 5. The van der Waals surface area contributed by atoms with Crippen molar-refractivity contribution in [1.82, 2.24) is 9.21 Å². The highest BCUT2D eigenvalue weighted by Gasteiger charge is 2.27. The van der Waals surface area contributed by atoms with Crippen LogP contribution in [-0.2, 0) is 14.8 Å². The molecule has 0 amide bonds. The number of hydrogen-bond donors (Lipinski definition) is 1.